The van der Waals surface area contributed by atoms with Crippen molar-refractivity contribution in [1.29, 1.82) is 0 Å². The highest BCUT2D eigenvalue weighted by molar-refractivity contribution is 5.68. The average molecular weight is 164 g/mol. The van der Waals surface area contributed by atoms with Crippen molar-refractivity contribution < 1.29 is 9.72 Å². The molecule has 0 saturated carbocycles. The van der Waals surface area contributed by atoms with E-state index in [2.05, 4.69) is 0 Å². The lowest BCUT2D eigenvalue weighted by Crippen LogP contribution is -1.89. The van der Waals surface area contributed by atoms with E-state index in [1.54, 1.807) is 6.07 Å². The van der Waals surface area contributed by atoms with Gasteiger partial charge < -0.3 is 4.79 Å². The molecular weight excluding hydrogens is 158 g/mol. The van der Waals surface area contributed by atoms with Crippen LogP contribution in [0.25, 0.3) is 0 Å². The molecule has 0 bridgehead atoms. The molecule has 0 aromatic heterocycles. The Morgan fingerprint density at radius 2 is 2.17 bits per heavy atom. The topological polar surface area (TPSA) is 60.2 Å². The van der Waals surface area contributed by atoms with Crippen LogP contribution in [0.5, 0.6) is 0 Å². The van der Waals surface area contributed by atoms with Gasteiger partial charge >= 0.3 is 0 Å². The maximum absolute atomic E-state index is 10.3. The van der Waals surface area contributed by atoms with Crippen LogP contribution in [0, 0.1) is 16.5 Å². The number of nitrogens with zero attached hydrogens (tertiary/aromatic N) is 1. The van der Waals surface area contributed by atoms with E-state index in [1.807, 2.05) is 0 Å². The summed E-state index contributed by atoms with van der Waals surface area (Å²) in [4.78, 5) is 19.8. The molecule has 0 atom stereocenters. The van der Waals surface area contributed by atoms with Crippen LogP contribution in [-0.2, 0) is 4.79 Å². The number of hydrogen-bond donors (Lipinski definition) is 0. The van der Waals surface area contributed by atoms with E-state index in [9.17, 15) is 14.9 Å². The molecule has 0 amide bonds. The summed E-state index contributed by atoms with van der Waals surface area (Å²) in [5, 5.41) is 10.3. The Balaban J connectivity index is 2.95. The predicted octanol–water partition coefficient (Wildman–Crippen LogP) is 1.35. The summed E-state index contributed by atoms with van der Waals surface area (Å²) in [6.45, 7) is 0. The number of carbonyl (C=O) groups is 1. The number of carbonyl (C=O) groups excluding carboxylic acids is 1. The van der Waals surface area contributed by atoms with Crippen LogP contribution in [0.15, 0.2) is 24.3 Å². The van der Waals surface area contributed by atoms with E-state index in [0.717, 1.165) is 0 Å². The van der Waals surface area contributed by atoms with E-state index in [4.69, 9.17) is 0 Å². The molecule has 1 aromatic rings. The summed E-state index contributed by atoms with van der Waals surface area (Å²) in [5.41, 5.74) is 0.532. The molecule has 61 valence electrons. The molecule has 0 spiro atoms. The second-order valence-electron chi connectivity index (χ2n) is 2.15. The molecule has 0 fully saturated rings. The van der Waals surface area contributed by atoms with Crippen molar-refractivity contribution >= 4 is 12.0 Å². The molecule has 1 aromatic carbocycles. The lowest BCUT2D eigenvalue weighted by atomic mass is 10.1. The van der Waals surface area contributed by atoms with E-state index in [1.165, 1.54) is 24.6 Å². The summed E-state index contributed by atoms with van der Waals surface area (Å²) in [7, 11) is 0. The zero-order valence-corrected chi connectivity index (χ0v) is 6.14. The predicted molar refractivity (Wildman–Crippen MR) is 42.6 cm³/mol. The smallest absolute Gasteiger partial charge is 0.269 e. The van der Waals surface area contributed by atoms with Crippen LogP contribution in [-0.4, -0.2) is 11.2 Å². The molecule has 0 saturated heterocycles. The van der Waals surface area contributed by atoms with Gasteiger partial charge in [-0.1, -0.05) is 12.1 Å². The van der Waals surface area contributed by atoms with Crippen LogP contribution >= 0.6 is 0 Å². The van der Waals surface area contributed by atoms with Gasteiger partial charge in [0.05, 0.1) is 11.3 Å². The Morgan fingerprint density at radius 1 is 1.42 bits per heavy atom. The second-order valence-corrected chi connectivity index (χ2v) is 2.15. The fourth-order valence-corrected chi connectivity index (χ4v) is 0.821. The minimum atomic E-state index is -0.498. The molecule has 0 unspecified atom stereocenters. The Labute approximate surface area is 69.0 Å². The Hall–Kier alpha value is -1.71. The minimum absolute atomic E-state index is 0.00870. The van der Waals surface area contributed by atoms with Gasteiger partial charge in [0.25, 0.3) is 5.69 Å². The van der Waals surface area contributed by atoms with Gasteiger partial charge in [-0.15, -0.1) is 0 Å². The summed E-state index contributed by atoms with van der Waals surface area (Å²) in [5.74, 6) is 0. The average Bonchev–Trinajstić information content (AvgIpc) is 2.05. The third-order valence-corrected chi connectivity index (χ3v) is 1.34. The van der Waals surface area contributed by atoms with Crippen molar-refractivity contribution in [1.82, 2.24) is 0 Å². The van der Waals surface area contributed by atoms with Gasteiger partial charge in [0.1, 0.15) is 6.29 Å². The normalized spacial score (nSPS) is 9.33. The number of aldehydes is 1. The van der Waals surface area contributed by atoms with Crippen molar-refractivity contribution in [3.8, 4) is 0 Å². The lowest BCUT2D eigenvalue weighted by molar-refractivity contribution is -0.384. The van der Waals surface area contributed by atoms with Gasteiger partial charge in [-0.3, -0.25) is 10.1 Å². The minimum Gasteiger partial charge on any atom is -0.303 e. The summed E-state index contributed by atoms with van der Waals surface area (Å²) in [6.07, 6.45) is 1.87. The molecule has 0 aliphatic carbocycles. The van der Waals surface area contributed by atoms with Gasteiger partial charge in [0.2, 0.25) is 0 Å². The first-order chi connectivity index (χ1) is 5.74. The van der Waals surface area contributed by atoms with Crippen molar-refractivity contribution in [2.75, 3.05) is 0 Å². The van der Waals surface area contributed by atoms with Crippen LogP contribution < -0.4 is 0 Å². The van der Waals surface area contributed by atoms with Crippen LogP contribution in [0.4, 0.5) is 5.69 Å². The van der Waals surface area contributed by atoms with E-state index >= 15 is 0 Å². The first-order valence-corrected chi connectivity index (χ1v) is 3.27. The highest BCUT2D eigenvalue weighted by atomic mass is 16.6. The number of non-ortho nitro benzene ring substituents is 1. The highest BCUT2D eigenvalue weighted by Gasteiger charge is 2.04. The van der Waals surface area contributed by atoms with Gasteiger partial charge in [-0.25, -0.2) is 0 Å². The fourth-order valence-electron chi connectivity index (χ4n) is 0.821. The first-order valence-electron chi connectivity index (χ1n) is 3.27. The zero-order valence-electron chi connectivity index (χ0n) is 6.14. The van der Waals surface area contributed by atoms with E-state index in [-0.39, 0.29) is 5.69 Å². The Bertz CT molecular complexity index is 309. The highest BCUT2D eigenvalue weighted by Crippen LogP contribution is 2.13. The van der Waals surface area contributed by atoms with Crippen molar-refractivity contribution in [2.45, 2.75) is 0 Å². The monoisotopic (exact) mass is 164 g/mol. The number of benzene rings is 1. The molecule has 0 N–H and O–H groups in total. The lowest BCUT2D eigenvalue weighted by Gasteiger charge is -1.93. The third-order valence-electron chi connectivity index (χ3n) is 1.34. The number of hydrogen-bond acceptors (Lipinski definition) is 3. The maximum atomic E-state index is 10.3. The van der Waals surface area contributed by atoms with Crippen LogP contribution in [0.1, 0.15) is 5.56 Å². The first kappa shape index (κ1) is 8.39. The van der Waals surface area contributed by atoms with Crippen molar-refractivity contribution in [3.05, 3.63) is 46.4 Å². The third kappa shape index (κ3) is 1.88. The molecule has 0 heterocycles. The second kappa shape index (κ2) is 3.61. The molecule has 12 heavy (non-hydrogen) atoms. The summed E-state index contributed by atoms with van der Waals surface area (Å²) in [6, 6.07) is 5.88. The van der Waals surface area contributed by atoms with Gasteiger partial charge in [-0.2, -0.15) is 0 Å². The Kier molecular flexibility index (Phi) is 2.53. The molecule has 4 heteroatoms. The van der Waals surface area contributed by atoms with E-state index < -0.39 is 4.92 Å². The van der Waals surface area contributed by atoms with Crippen molar-refractivity contribution in [2.24, 2.45) is 0 Å². The van der Waals surface area contributed by atoms with Gasteiger partial charge in [0, 0.05) is 12.1 Å². The summed E-state index contributed by atoms with van der Waals surface area (Å²) >= 11 is 0. The SMILES string of the molecule is O=C[CH]c1cccc([N+](=O)[O-])c1. The van der Waals surface area contributed by atoms with Crippen LogP contribution in [0.2, 0.25) is 0 Å². The molecular formula is C8H6NO3. The largest absolute Gasteiger partial charge is 0.303 e. The molecule has 4 nitrogen and oxygen atoms in total. The molecule has 1 rings (SSSR count). The quantitative estimate of drug-likeness (QED) is 0.385. The standard InChI is InChI=1S/C8H6NO3/c10-5-4-7-2-1-3-8(6-7)9(11)12/h1-6H. The molecule has 1 radical (unpaired) electrons. The van der Waals surface area contributed by atoms with Crippen LogP contribution in [0.3, 0.4) is 0 Å². The van der Waals surface area contributed by atoms with E-state index in [0.29, 0.717) is 11.8 Å². The van der Waals surface area contributed by atoms with Gasteiger partial charge in [0.15, 0.2) is 0 Å². The maximum Gasteiger partial charge on any atom is 0.269 e. The Morgan fingerprint density at radius 3 is 2.75 bits per heavy atom. The van der Waals surface area contributed by atoms with Gasteiger partial charge in [-0.05, 0) is 5.56 Å². The summed E-state index contributed by atoms with van der Waals surface area (Å²) < 4.78 is 0. The molecule has 0 aliphatic rings. The zero-order chi connectivity index (χ0) is 8.97. The number of nitro benzene ring substituents is 1. The number of rotatable bonds is 3. The van der Waals surface area contributed by atoms with Crippen molar-refractivity contribution in [3.63, 3.8) is 0 Å². The molecule has 0 aliphatic heterocycles. The fraction of sp³-hybridized carbons (Fsp3) is 0. The number of nitro groups is 1.